The number of halogens is 2. The molecule has 0 aliphatic rings. The Balaban J connectivity index is 2.81. The van der Waals surface area contributed by atoms with E-state index in [0.29, 0.717) is 0 Å². The van der Waals surface area contributed by atoms with E-state index >= 15 is 0 Å². The first-order valence-corrected chi connectivity index (χ1v) is 4.13. The summed E-state index contributed by atoms with van der Waals surface area (Å²) >= 11 is 11.4. The van der Waals surface area contributed by atoms with Crippen LogP contribution in [0.1, 0.15) is 0 Å². The van der Waals surface area contributed by atoms with Crippen LogP contribution in [-0.4, -0.2) is 12.6 Å². The molecule has 1 aromatic carbocycles. The molecule has 0 saturated heterocycles. The number of ether oxygens (including phenoxy) is 1. The fraction of sp³-hybridized carbons (Fsp3) is 0.125. The summed E-state index contributed by atoms with van der Waals surface area (Å²) in [7, 11) is 0. The second-order valence-electron chi connectivity index (χ2n) is 2.21. The third-order valence-corrected chi connectivity index (χ3v) is 1.85. The van der Waals surface area contributed by atoms with Gasteiger partial charge in [-0.25, -0.2) is 0 Å². The molecule has 1 aromatic rings. The van der Waals surface area contributed by atoms with Crippen molar-refractivity contribution in [1.29, 1.82) is 0 Å². The molecular formula is C8H5Cl2O3-. The predicted octanol–water partition coefficient (Wildman–Crippen LogP) is 1.12. The predicted molar refractivity (Wildman–Crippen MR) is 47.0 cm³/mol. The number of hydrogen-bond acceptors (Lipinski definition) is 3. The first-order valence-electron chi connectivity index (χ1n) is 3.38. The monoisotopic (exact) mass is 219 g/mol. The maximum absolute atomic E-state index is 10.1. The number of carbonyl (C=O) groups excluding carboxylic acids is 1. The summed E-state index contributed by atoms with van der Waals surface area (Å²) < 4.78 is 4.80. The molecule has 0 atom stereocenters. The highest BCUT2D eigenvalue weighted by Crippen LogP contribution is 2.31. The van der Waals surface area contributed by atoms with Crippen molar-refractivity contribution in [3.63, 3.8) is 0 Å². The molecule has 0 saturated carbocycles. The maximum atomic E-state index is 10.1. The zero-order valence-electron chi connectivity index (χ0n) is 6.42. The number of carboxylic acids is 1. The van der Waals surface area contributed by atoms with Gasteiger partial charge in [-0.2, -0.15) is 0 Å². The van der Waals surface area contributed by atoms with Gasteiger partial charge in [-0.15, -0.1) is 0 Å². The van der Waals surface area contributed by atoms with Crippen molar-refractivity contribution in [3.8, 4) is 5.75 Å². The van der Waals surface area contributed by atoms with Gasteiger partial charge in [0.25, 0.3) is 0 Å². The van der Waals surface area contributed by atoms with E-state index in [1.54, 1.807) is 18.2 Å². The van der Waals surface area contributed by atoms with Gasteiger partial charge in [0.15, 0.2) is 5.75 Å². The third-order valence-electron chi connectivity index (χ3n) is 1.25. The third kappa shape index (κ3) is 2.79. The molecule has 1 rings (SSSR count). The van der Waals surface area contributed by atoms with Crippen molar-refractivity contribution in [2.24, 2.45) is 0 Å². The minimum atomic E-state index is -1.32. The van der Waals surface area contributed by atoms with E-state index in [4.69, 9.17) is 27.9 Å². The lowest BCUT2D eigenvalue weighted by Crippen LogP contribution is -2.29. The van der Waals surface area contributed by atoms with Crippen molar-refractivity contribution in [3.05, 3.63) is 28.2 Å². The highest BCUT2D eigenvalue weighted by atomic mass is 35.5. The minimum Gasteiger partial charge on any atom is -0.546 e. The molecular weight excluding hydrogens is 215 g/mol. The molecule has 3 nitrogen and oxygen atoms in total. The molecule has 0 aliphatic heterocycles. The first-order chi connectivity index (χ1) is 6.11. The van der Waals surface area contributed by atoms with Crippen LogP contribution in [0, 0.1) is 0 Å². The van der Waals surface area contributed by atoms with Gasteiger partial charge in [0.05, 0.1) is 16.0 Å². The van der Waals surface area contributed by atoms with Gasteiger partial charge in [0.1, 0.15) is 6.61 Å². The molecule has 0 amide bonds. The Kier molecular flexibility index (Phi) is 3.39. The summed E-state index contributed by atoms with van der Waals surface area (Å²) in [5.41, 5.74) is 0. The molecule has 13 heavy (non-hydrogen) atoms. The zero-order valence-corrected chi connectivity index (χ0v) is 7.93. The molecule has 0 N–H and O–H groups in total. The molecule has 5 heteroatoms. The normalized spacial score (nSPS) is 9.69. The van der Waals surface area contributed by atoms with Crippen LogP contribution in [0.4, 0.5) is 0 Å². The maximum Gasteiger partial charge on any atom is 0.157 e. The Morgan fingerprint density at radius 2 is 1.92 bits per heavy atom. The number of rotatable bonds is 3. The highest BCUT2D eigenvalue weighted by Gasteiger charge is 2.05. The van der Waals surface area contributed by atoms with Gasteiger partial charge in [0, 0.05) is 0 Å². The fourth-order valence-corrected chi connectivity index (χ4v) is 1.26. The van der Waals surface area contributed by atoms with Crippen LogP contribution >= 0.6 is 23.2 Å². The average molecular weight is 220 g/mol. The molecule has 0 bridgehead atoms. The summed E-state index contributed by atoms with van der Waals surface area (Å²) in [5.74, 6) is -1.16. The van der Waals surface area contributed by atoms with Crippen molar-refractivity contribution < 1.29 is 14.6 Å². The number of hydrogen-bond donors (Lipinski definition) is 0. The Labute approximate surface area is 84.8 Å². The summed E-state index contributed by atoms with van der Waals surface area (Å²) in [4.78, 5) is 10.1. The Bertz CT molecular complexity index is 305. The molecule has 70 valence electrons. The zero-order chi connectivity index (χ0) is 9.84. The van der Waals surface area contributed by atoms with Crippen molar-refractivity contribution in [2.45, 2.75) is 0 Å². The highest BCUT2D eigenvalue weighted by molar-refractivity contribution is 6.37. The van der Waals surface area contributed by atoms with Gasteiger partial charge in [-0.1, -0.05) is 29.3 Å². The molecule has 0 aliphatic carbocycles. The van der Waals surface area contributed by atoms with Crippen LogP contribution in [0.15, 0.2) is 18.2 Å². The van der Waals surface area contributed by atoms with Crippen molar-refractivity contribution >= 4 is 29.2 Å². The second-order valence-corrected chi connectivity index (χ2v) is 3.03. The first kappa shape index (κ1) is 10.2. The number of benzene rings is 1. The molecule has 0 spiro atoms. The average Bonchev–Trinajstić information content (AvgIpc) is 2.03. The Hall–Kier alpha value is -0.930. The fourth-order valence-electron chi connectivity index (χ4n) is 0.752. The van der Waals surface area contributed by atoms with E-state index in [2.05, 4.69) is 0 Å². The molecule has 0 aromatic heterocycles. The summed E-state index contributed by atoms with van der Waals surface area (Å²) in [5, 5.41) is 10.6. The van der Waals surface area contributed by atoms with Crippen LogP contribution in [-0.2, 0) is 4.79 Å². The van der Waals surface area contributed by atoms with Gasteiger partial charge in [-0.05, 0) is 12.1 Å². The molecule has 0 radical (unpaired) electrons. The molecule has 0 heterocycles. The smallest absolute Gasteiger partial charge is 0.157 e. The Morgan fingerprint density at radius 3 is 2.38 bits per heavy atom. The van der Waals surface area contributed by atoms with Crippen LogP contribution in [0.2, 0.25) is 10.0 Å². The topological polar surface area (TPSA) is 49.4 Å². The Morgan fingerprint density at radius 1 is 1.38 bits per heavy atom. The van der Waals surface area contributed by atoms with E-state index in [0.717, 1.165) is 0 Å². The van der Waals surface area contributed by atoms with Crippen molar-refractivity contribution in [2.75, 3.05) is 6.61 Å². The summed E-state index contributed by atoms with van der Waals surface area (Å²) in [6.07, 6.45) is 0. The SMILES string of the molecule is O=C([O-])COc1c(Cl)cccc1Cl. The van der Waals surface area contributed by atoms with E-state index in [9.17, 15) is 9.90 Å². The van der Waals surface area contributed by atoms with Crippen LogP contribution < -0.4 is 9.84 Å². The standard InChI is InChI=1S/C8H6Cl2O3/c9-5-2-1-3-6(10)8(5)13-4-7(11)12/h1-3H,4H2,(H,11,12)/p-1. The lowest BCUT2D eigenvalue weighted by atomic mass is 10.3. The number of carbonyl (C=O) groups is 1. The lowest BCUT2D eigenvalue weighted by Gasteiger charge is -2.09. The van der Waals surface area contributed by atoms with Gasteiger partial charge in [0.2, 0.25) is 0 Å². The van der Waals surface area contributed by atoms with Crippen LogP contribution in [0.3, 0.4) is 0 Å². The van der Waals surface area contributed by atoms with E-state index in [1.165, 1.54) is 0 Å². The van der Waals surface area contributed by atoms with E-state index in [1.807, 2.05) is 0 Å². The molecule has 0 fully saturated rings. The number of para-hydroxylation sites is 1. The van der Waals surface area contributed by atoms with Crippen LogP contribution in [0.25, 0.3) is 0 Å². The van der Waals surface area contributed by atoms with E-state index < -0.39 is 12.6 Å². The van der Waals surface area contributed by atoms with Gasteiger partial charge < -0.3 is 14.6 Å². The number of aliphatic carboxylic acids is 1. The van der Waals surface area contributed by atoms with Crippen LogP contribution in [0.5, 0.6) is 5.75 Å². The second kappa shape index (κ2) is 4.35. The largest absolute Gasteiger partial charge is 0.546 e. The summed E-state index contributed by atoms with van der Waals surface area (Å²) in [6.45, 7) is -0.566. The molecule has 0 unspecified atom stereocenters. The van der Waals surface area contributed by atoms with Gasteiger partial charge in [-0.3, -0.25) is 0 Å². The lowest BCUT2D eigenvalue weighted by molar-refractivity contribution is -0.307. The van der Waals surface area contributed by atoms with Gasteiger partial charge >= 0.3 is 0 Å². The number of carboxylic acid groups (broad SMARTS) is 1. The quantitative estimate of drug-likeness (QED) is 0.766. The van der Waals surface area contributed by atoms with Crippen molar-refractivity contribution in [1.82, 2.24) is 0 Å². The van der Waals surface area contributed by atoms with E-state index in [-0.39, 0.29) is 15.8 Å². The summed E-state index contributed by atoms with van der Waals surface area (Å²) in [6, 6.07) is 4.74. The minimum absolute atomic E-state index is 0.162.